The third kappa shape index (κ3) is 2.24. The minimum atomic E-state index is 0.529. The fraction of sp³-hybridized carbons (Fsp3) is 0.588. The molecule has 1 heterocycles. The maximum absolute atomic E-state index is 5.89. The quantitative estimate of drug-likeness (QED) is 0.905. The first-order valence-electron chi connectivity index (χ1n) is 7.91. The van der Waals surface area contributed by atoms with E-state index in [1.165, 1.54) is 19.3 Å². The predicted molar refractivity (Wildman–Crippen MR) is 79.5 cm³/mol. The van der Waals surface area contributed by atoms with Crippen LogP contribution in [-0.2, 0) is 6.42 Å². The summed E-state index contributed by atoms with van der Waals surface area (Å²) in [6.45, 7) is 3.21. The van der Waals surface area contributed by atoms with Crippen LogP contribution in [0, 0.1) is 17.8 Å². The van der Waals surface area contributed by atoms with Crippen molar-refractivity contribution in [3.05, 3.63) is 30.2 Å². The van der Waals surface area contributed by atoms with Gasteiger partial charge in [-0.25, -0.2) is 4.98 Å². The first-order chi connectivity index (χ1) is 9.83. The Labute approximate surface area is 119 Å². The Kier molecular flexibility index (Phi) is 3.03. The van der Waals surface area contributed by atoms with Crippen molar-refractivity contribution in [3.63, 3.8) is 0 Å². The Morgan fingerprint density at radius 3 is 2.80 bits per heavy atom. The highest BCUT2D eigenvalue weighted by atomic mass is 16.3. The first kappa shape index (κ1) is 12.4. The number of hydrogen-bond donors (Lipinski definition) is 1. The summed E-state index contributed by atoms with van der Waals surface area (Å²) >= 11 is 0. The zero-order chi connectivity index (χ0) is 13.5. The molecule has 0 aliphatic heterocycles. The van der Waals surface area contributed by atoms with Gasteiger partial charge in [0, 0.05) is 12.5 Å². The highest BCUT2D eigenvalue weighted by Gasteiger charge is 2.47. The van der Waals surface area contributed by atoms with Crippen molar-refractivity contribution in [2.45, 2.75) is 38.6 Å². The van der Waals surface area contributed by atoms with Gasteiger partial charge in [-0.1, -0.05) is 19.1 Å². The number of benzene rings is 1. The zero-order valence-corrected chi connectivity index (χ0v) is 12.0. The Balaban J connectivity index is 1.51. The van der Waals surface area contributed by atoms with E-state index < -0.39 is 0 Å². The number of nitrogens with one attached hydrogen (secondary N) is 1. The maximum atomic E-state index is 5.89. The second-order valence-electron chi connectivity index (χ2n) is 6.43. The van der Waals surface area contributed by atoms with Crippen LogP contribution in [0.2, 0.25) is 0 Å². The maximum Gasteiger partial charge on any atom is 0.197 e. The van der Waals surface area contributed by atoms with E-state index in [0.29, 0.717) is 6.04 Å². The van der Waals surface area contributed by atoms with E-state index in [-0.39, 0.29) is 0 Å². The molecule has 106 valence electrons. The molecule has 3 nitrogen and oxygen atoms in total. The van der Waals surface area contributed by atoms with Gasteiger partial charge in [0.2, 0.25) is 0 Å². The fourth-order valence-electron chi connectivity index (χ4n) is 3.95. The van der Waals surface area contributed by atoms with E-state index >= 15 is 0 Å². The van der Waals surface area contributed by atoms with Crippen LogP contribution in [0.15, 0.2) is 28.7 Å². The standard InChI is InChI=1S/C17H22N2O/c1-2-18-15(13-8-11-7-12(11)9-13)10-17-19-14-5-3-4-6-16(14)20-17/h3-6,11-13,15,18H,2,7-10H2,1H3. The topological polar surface area (TPSA) is 38.1 Å². The molecule has 0 amide bonds. The summed E-state index contributed by atoms with van der Waals surface area (Å²) in [5, 5.41) is 3.66. The molecular formula is C17H22N2O. The molecule has 3 atom stereocenters. The van der Waals surface area contributed by atoms with Crippen LogP contribution in [0.3, 0.4) is 0 Å². The van der Waals surface area contributed by atoms with Gasteiger partial charge in [0.05, 0.1) is 0 Å². The Morgan fingerprint density at radius 2 is 2.05 bits per heavy atom. The molecule has 3 unspecified atom stereocenters. The number of likely N-dealkylation sites (N-methyl/N-ethyl adjacent to an activating group) is 1. The second kappa shape index (κ2) is 4.88. The van der Waals surface area contributed by atoms with Crippen LogP contribution in [0.5, 0.6) is 0 Å². The lowest BCUT2D eigenvalue weighted by atomic mass is 9.92. The van der Waals surface area contributed by atoms with E-state index in [0.717, 1.165) is 47.7 Å². The lowest BCUT2D eigenvalue weighted by molar-refractivity contribution is 0.318. The van der Waals surface area contributed by atoms with E-state index in [2.05, 4.69) is 17.2 Å². The van der Waals surface area contributed by atoms with Crippen LogP contribution in [0.4, 0.5) is 0 Å². The SMILES string of the molecule is CCNC(Cc1nc2ccccc2o1)C1CC2CC2C1. The van der Waals surface area contributed by atoms with Crippen LogP contribution < -0.4 is 5.32 Å². The van der Waals surface area contributed by atoms with Crippen molar-refractivity contribution in [1.82, 2.24) is 10.3 Å². The number of oxazole rings is 1. The van der Waals surface area contributed by atoms with Gasteiger partial charge < -0.3 is 9.73 Å². The smallest absolute Gasteiger partial charge is 0.197 e. The highest BCUT2D eigenvalue weighted by molar-refractivity contribution is 5.72. The van der Waals surface area contributed by atoms with Gasteiger partial charge in [0.25, 0.3) is 0 Å². The van der Waals surface area contributed by atoms with Crippen molar-refractivity contribution < 1.29 is 4.42 Å². The van der Waals surface area contributed by atoms with E-state index in [1.54, 1.807) is 0 Å². The molecule has 2 aromatic rings. The molecule has 2 saturated carbocycles. The molecule has 1 N–H and O–H groups in total. The summed E-state index contributed by atoms with van der Waals surface area (Å²) in [6.07, 6.45) is 5.22. The molecule has 2 fully saturated rings. The third-order valence-corrected chi connectivity index (χ3v) is 5.05. The monoisotopic (exact) mass is 270 g/mol. The zero-order valence-electron chi connectivity index (χ0n) is 12.0. The van der Waals surface area contributed by atoms with Gasteiger partial charge in [0.1, 0.15) is 5.52 Å². The summed E-state index contributed by atoms with van der Waals surface area (Å²) in [7, 11) is 0. The average Bonchev–Trinajstić information content (AvgIpc) is 2.89. The van der Waals surface area contributed by atoms with Gasteiger partial charge in [-0.2, -0.15) is 0 Å². The Morgan fingerprint density at radius 1 is 1.25 bits per heavy atom. The van der Waals surface area contributed by atoms with E-state index in [1.807, 2.05) is 24.3 Å². The number of hydrogen-bond acceptors (Lipinski definition) is 3. The third-order valence-electron chi connectivity index (χ3n) is 5.05. The lowest BCUT2D eigenvalue weighted by Gasteiger charge is -2.24. The minimum absolute atomic E-state index is 0.529. The predicted octanol–water partition coefficient (Wildman–Crippen LogP) is 3.39. The molecule has 2 aliphatic carbocycles. The van der Waals surface area contributed by atoms with Crippen LogP contribution in [0.1, 0.15) is 32.1 Å². The number of rotatable bonds is 5. The number of aromatic nitrogens is 1. The van der Waals surface area contributed by atoms with Gasteiger partial charge >= 0.3 is 0 Å². The normalized spacial score (nSPS) is 29.6. The molecule has 0 radical (unpaired) electrons. The molecule has 4 rings (SSSR count). The number of nitrogens with zero attached hydrogens (tertiary/aromatic N) is 1. The van der Waals surface area contributed by atoms with E-state index in [9.17, 15) is 0 Å². The molecule has 0 bridgehead atoms. The van der Waals surface area contributed by atoms with Crippen molar-refractivity contribution in [2.24, 2.45) is 17.8 Å². The molecule has 1 aromatic heterocycles. The van der Waals surface area contributed by atoms with Crippen LogP contribution >= 0.6 is 0 Å². The molecule has 0 spiro atoms. The summed E-state index contributed by atoms with van der Waals surface area (Å²) in [5.41, 5.74) is 1.89. The molecule has 0 saturated heterocycles. The average molecular weight is 270 g/mol. The van der Waals surface area contributed by atoms with Gasteiger partial charge in [-0.15, -0.1) is 0 Å². The largest absolute Gasteiger partial charge is 0.441 e. The number of para-hydroxylation sites is 2. The second-order valence-corrected chi connectivity index (χ2v) is 6.43. The van der Waals surface area contributed by atoms with Crippen LogP contribution in [-0.4, -0.2) is 17.6 Å². The van der Waals surface area contributed by atoms with Gasteiger partial charge in [0.15, 0.2) is 11.5 Å². The molecule has 3 heteroatoms. The molecule has 1 aromatic carbocycles. The van der Waals surface area contributed by atoms with Crippen molar-refractivity contribution in [2.75, 3.05) is 6.54 Å². The van der Waals surface area contributed by atoms with E-state index in [4.69, 9.17) is 4.42 Å². The Bertz CT molecular complexity index is 563. The van der Waals surface area contributed by atoms with Crippen LogP contribution in [0.25, 0.3) is 11.1 Å². The first-order valence-corrected chi connectivity index (χ1v) is 7.91. The summed E-state index contributed by atoms with van der Waals surface area (Å²) in [6, 6.07) is 8.57. The highest BCUT2D eigenvalue weighted by Crippen LogP contribution is 2.55. The van der Waals surface area contributed by atoms with Gasteiger partial charge in [-0.05, 0) is 55.7 Å². The van der Waals surface area contributed by atoms with Gasteiger partial charge in [-0.3, -0.25) is 0 Å². The summed E-state index contributed by atoms with van der Waals surface area (Å²) in [4.78, 5) is 4.63. The fourth-order valence-corrected chi connectivity index (χ4v) is 3.95. The molecule has 2 aliphatic rings. The Hall–Kier alpha value is -1.35. The van der Waals surface area contributed by atoms with Crippen molar-refractivity contribution in [1.29, 1.82) is 0 Å². The minimum Gasteiger partial charge on any atom is -0.441 e. The summed E-state index contributed by atoms with van der Waals surface area (Å²) < 4.78 is 5.89. The lowest BCUT2D eigenvalue weighted by Crippen LogP contribution is -2.37. The number of fused-ring (bicyclic) bond motifs is 2. The summed E-state index contributed by atoms with van der Waals surface area (Å²) in [5.74, 6) is 3.76. The van der Waals surface area contributed by atoms with Crippen molar-refractivity contribution in [3.8, 4) is 0 Å². The van der Waals surface area contributed by atoms with Crippen molar-refractivity contribution >= 4 is 11.1 Å². The molecular weight excluding hydrogens is 248 g/mol. The molecule has 20 heavy (non-hydrogen) atoms.